The van der Waals surface area contributed by atoms with Gasteiger partial charge in [0.25, 0.3) is 0 Å². The van der Waals surface area contributed by atoms with Crippen LogP contribution in [0, 0.1) is 0 Å². The van der Waals surface area contributed by atoms with Crippen molar-refractivity contribution in [2.75, 3.05) is 20.6 Å². The lowest BCUT2D eigenvalue weighted by Gasteiger charge is -2.27. The minimum Gasteiger partial charge on any atom is -0.347 e. The molecule has 2 atom stereocenters. The standard InChI is InChI=1S/C17H24N2O2/c1-13(14-8-5-4-6-9-14)12-16(20)19-11-7-10-15(19)17(21)18(2)3/h4-6,8-9,13,15H,7,10-12H2,1-3H3. The molecule has 1 aromatic carbocycles. The summed E-state index contributed by atoms with van der Waals surface area (Å²) < 4.78 is 0. The van der Waals surface area contributed by atoms with Crippen molar-refractivity contribution >= 4 is 11.8 Å². The number of hydrogen-bond acceptors (Lipinski definition) is 2. The fraction of sp³-hybridized carbons (Fsp3) is 0.529. The van der Waals surface area contributed by atoms with Crippen LogP contribution < -0.4 is 0 Å². The smallest absolute Gasteiger partial charge is 0.244 e. The predicted molar refractivity (Wildman–Crippen MR) is 82.9 cm³/mol. The number of hydrogen-bond donors (Lipinski definition) is 0. The minimum atomic E-state index is -0.268. The summed E-state index contributed by atoms with van der Waals surface area (Å²) in [5, 5.41) is 0. The van der Waals surface area contributed by atoms with E-state index in [1.807, 2.05) is 30.3 Å². The fourth-order valence-corrected chi connectivity index (χ4v) is 2.90. The van der Waals surface area contributed by atoms with Crippen LogP contribution in [-0.4, -0.2) is 48.3 Å². The molecule has 1 aliphatic heterocycles. The van der Waals surface area contributed by atoms with E-state index in [0.717, 1.165) is 12.8 Å². The molecule has 1 aliphatic rings. The highest BCUT2D eigenvalue weighted by atomic mass is 16.2. The zero-order chi connectivity index (χ0) is 15.4. The van der Waals surface area contributed by atoms with Crippen molar-refractivity contribution in [1.29, 1.82) is 0 Å². The van der Waals surface area contributed by atoms with E-state index in [2.05, 4.69) is 6.92 Å². The van der Waals surface area contributed by atoms with Crippen molar-refractivity contribution in [3.63, 3.8) is 0 Å². The molecule has 1 heterocycles. The largest absolute Gasteiger partial charge is 0.347 e. The number of likely N-dealkylation sites (N-methyl/N-ethyl adjacent to an activating group) is 1. The Hall–Kier alpha value is -1.84. The summed E-state index contributed by atoms with van der Waals surface area (Å²) in [6.07, 6.45) is 2.15. The summed E-state index contributed by atoms with van der Waals surface area (Å²) in [7, 11) is 3.49. The van der Waals surface area contributed by atoms with Gasteiger partial charge in [0.05, 0.1) is 0 Å². The van der Waals surface area contributed by atoms with E-state index in [1.165, 1.54) is 5.56 Å². The monoisotopic (exact) mass is 288 g/mol. The third-order valence-corrected chi connectivity index (χ3v) is 4.15. The number of amides is 2. The van der Waals surface area contributed by atoms with Gasteiger partial charge in [-0.05, 0) is 24.3 Å². The molecular formula is C17H24N2O2. The molecule has 4 heteroatoms. The van der Waals surface area contributed by atoms with Gasteiger partial charge < -0.3 is 9.80 Å². The summed E-state index contributed by atoms with van der Waals surface area (Å²) in [6, 6.07) is 9.78. The second kappa shape index (κ2) is 6.74. The molecule has 0 spiro atoms. The summed E-state index contributed by atoms with van der Waals surface area (Å²) in [6.45, 7) is 2.76. The molecule has 2 rings (SSSR count). The molecule has 2 amide bonds. The number of rotatable bonds is 4. The molecule has 0 saturated carbocycles. The Morgan fingerprint density at radius 3 is 2.57 bits per heavy atom. The molecule has 0 bridgehead atoms. The number of benzene rings is 1. The van der Waals surface area contributed by atoms with E-state index in [1.54, 1.807) is 23.9 Å². The molecule has 0 N–H and O–H groups in total. The first-order chi connectivity index (χ1) is 10.0. The van der Waals surface area contributed by atoms with E-state index in [4.69, 9.17) is 0 Å². The van der Waals surface area contributed by atoms with Crippen LogP contribution in [0.1, 0.15) is 37.7 Å². The van der Waals surface area contributed by atoms with Crippen molar-refractivity contribution in [2.24, 2.45) is 0 Å². The quantitative estimate of drug-likeness (QED) is 0.852. The average molecular weight is 288 g/mol. The van der Waals surface area contributed by atoms with Gasteiger partial charge in [-0.25, -0.2) is 0 Å². The molecule has 0 aromatic heterocycles. The summed E-state index contributed by atoms with van der Waals surface area (Å²) >= 11 is 0. The lowest BCUT2D eigenvalue weighted by Crippen LogP contribution is -2.45. The zero-order valence-corrected chi connectivity index (χ0v) is 13.1. The summed E-state index contributed by atoms with van der Waals surface area (Å²) in [5.41, 5.74) is 1.17. The first-order valence-electron chi connectivity index (χ1n) is 7.56. The van der Waals surface area contributed by atoms with Crippen LogP contribution in [-0.2, 0) is 9.59 Å². The Balaban J connectivity index is 2.01. The van der Waals surface area contributed by atoms with Gasteiger partial charge in [-0.2, -0.15) is 0 Å². The fourth-order valence-electron chi connectivity index (χ4n) is 2.90. The molecule has 114 valence electrons. The van der Waals surface area contributed by atoms with Crippen LogP contribution in [0.25, 0.3) is 0 Å². The second-order valence-corrected chi connectivity index (χ2v) is 5.99. The van der Waals surface area contributed by atoms with Crippen molar-refractivity contribution in [3.05, 3.63) is 35.9 Å². The van der Waals surface area contributed by atoms with E-state index < -0.39 is 0 Å². The normalized spacial score (nSPS) is 19.4. The molecule has 4 nitrogen and oxygen atoms in total. The highest BCUT2D eigenvalue weighted by Gasteiger charge is 2.35. The summed E-state index contributed by atoms with van der Waals surface area (Å²) in [4.78, 5) is 28.0. The Labute approximate surface area is 126 Å². The zero-order valence-electron chi connectivity index (χ0n) is 13.1. The maximum absolute atomic E-state index is 12.5. The second-order valence-electron chi connectivity index (χ2n) is 5.99. The third kappa shape index (κ3) is 3.63. The number of carbonyl (C=O) groups excluding carboxylic acids is 2. The van der Waals surface area contributed by atoms with Gasteiger partial charge in [0.1, 0.15) is 6.04 Å². The van der Waals surface area contributed by atoms with Crippen LogP contribution in [0.2, 0.25) is 0 Å². The maximum Gasteiger partial charge on any atom is 0.244 e. The SMILES string of the molecule is CC(CC(=O)N1CCCC1C(=O)N(C)C)c1ccccc1. The molecule has 0 aliphatic carbocycles. The van der Waals surface area contributed by atoms with Crippen molar-refractivity contribution < 1.29 is 9.59 Å². The lowest BCUT2D eigenvalue weighted by atomic mass is 9.97. The first kappa shape index (κ1) is 15.5. The van der Waals surface area contributed by atoms with E-state index in [0.29, 0.717) is 13.0 Å². The molecule has 21 heavy (non-hydrogen) atoms. The molecular weight excluding hydrogens is 264 g/mol. The van der Waals surface area contributed by atoms with Gasteiger partial charge in [-0.15, -0.1) is 0 Å². The molecule has 0 radical (unpaired) electrons. The molecule has 1 fully saturated rings. The van der Waals surface area contributed by atoms with E-state index in [9.17, 15) is 9.59 Å². The van der Waals surface area contributed by atoms with Crippen LogP contribution >= 0.6 is 0 Å². The van der Waals surface area contributed by atoms with Crippen LogP contribution in [0.15, 0.2) is 30.3 Å². The summed E-state index contributed by atoms with van der Waals surface area (Å²) in [5.74, 6) is 0.298. The molecule has 1 aromatic rings. The topological polar surface area (TPSA) is 40.6 Å². The number of carbonyl (C=O) groups is 2. The Morgan fingerprint density at radius 1 is 1.29 bits per heavy atom. The van der Waals surface area contributed by atoms with Crippen LogP contribution in [0.3, 0.4) is 0 Å². The Kier molecular flexibility index (Phi) is 4.99. The Bertz CT molecular complexity index is 499. The number of likely N-dealkylation sites (tertiary alicyclic amines) is 1. The minimum absolute atomic E-state index is 0.0354. The first-order valence-corrected chi connectivity index (χ1v) is 7.56. The van der Waals surface area contributed by atoms with Gasteiger partial charge >= 0.3 is 0 Å². The third-order valence-electron chi connectivity index (χ3n) is 4.15. The van der Waals surface area contributed by atoms with Gasteiger partial charge in [0, 0.05) is 27.1 Å². The van der Waals surface area contributed by atoms with E-state index in [-0.39, 0.29) is 23.8 Å². The van der Waals surface area contributed by atoms with Gasteiger partial charge in [-0.1, -0.05) is 37.3 Å². The predicted octanol–water partition coefficient (Wildman–Crippen LogP) is 2.26. The van der Waals surface area contributed by atoms with Crippen LogP contribution in [0.4, 0.5) is 0 Å². The van der Waals surface area contributed by atoms with Gasteiger partial charge in [-0.3, -0.25) is 9.59 Å². The number of nitrogens with zero attached hydrogens (tertiary/aromatic N) is 2. The highest BCUT2D eigenvalue weighted by Crippen LogP contribution is 2.24. The highest BCUT2D eigenvalue weighted by molar-refractivity contribution is 5.88. The van der Waals surface area contributed by atoms with Crippen molar-refractivity contribution in [2.45, 2.75) is 38.1 Å². The van der Waals surface area contributed by atoms with Crippen LogP contribution in [0.5, 0.6) is 0 Å². The Morgan fingerprint density at radius 2 is 1.95 bits per heavy atom. The van der Waals surface area contributed by atoms with Crippen molar-refractivity contribution in [1.82, 2.24) is 9.80 Å². The molecule has 1 saturated heterocycles. The van der Waals surface area contributed by atoms with Gasteiger partial charge in [0.2, 0.25) is 11.8 Å². The van der Waals surface area contributed by atoms with Gasteiger partial charge in [0.15, 0.2) is 0 Å². The van der Waals surface area contributed by atoms with Crippen molar-refractivity contribution in [3.8, 4) is 0 Å². The average Bonchev–Trinajstić information content (AvgIpc) is 2.96. The maximum atomic E-state index is 12.5. The van der Waals surface area contributed by atoms with E-state index >= 15 is 0 Å². The lowest BCUT2D eigenvalue weighted by molar-refractivity contribution is -0.142. The molecule has 2 unspecified atom stereocenters.